The topological polar surface area (TPSA) is 49.4 Å². The number of carbonyl (C=O) groups is 2. The Kier molecular flexibility index (Phi) is 7.99. The van der Waals surface area contributed by atoms with E-state index in [2.05, 4.69) is 5.32 Å². The minimum absolute atomic E-state index is 0.0951. The van der Waals surface area contributed by atoms with Crippen LogP contribution in [-0.4, -0.2) is 29.3 Å². The lowest BCUT2D eigenvalue weighted by Gasteiger charge is -2.29. The molecule has 1 N–H and O–H groups in total. The molecule has 144 valence electrons. The van der Waals surface area contributed by atoms with Crippen LogP contribution in [0.25, 0.3) is 0 Å². The molecule has 0 spiro atoms. The molecule has 2 aromatic carbocycles. The van der Waals surface area contributed by atoms with Gasteiger partial charge < -0.3 is 10.2 Å². The number of rotatable bonds is 9. The van der Waals surface area contributed by atoms with E-state index < -0.39 is 6.04 Å². The first kappa shape index (κ1) is 20.6. The molecule has 27 heavy (non-hydrogen) atoms. The number of amides is 2. The van der Waals surface area contributed by atoms with Gasteiger partial charge in [-0.15, -0.1) is 0 Å². The van der Waals surface area contributed by atoms with Crippen molar-refractivity contribution in [3.05, 3.63) is 71.5 Å². The van der Waals surface area contributed by atoms with Crippen molar-refractivity contribution < 1.29 is 14.0 Å². The van der Waals surface area contributed by atoms with Gasteiger partial charge in [-0.1, -0.05) is 49.4 Å². The summed E-state index contributed by atoms with van der Waals surface area (Å²) >= 11 is 0. The van der Waals surface area contributed by atoms with Crippen LogP contribution in [0.5, 0.6) is 0 Å². The van der Waals surface area contributed by atoms with Crippen molar-refractivity contribution >= 4 is 11.8 Å². The second-order valence-corrected chi connectivity index (χ2v) is 6.60. The van der Waals surface area contributed by atoms with Gasteiger partial charge in [-0.25, -0.2) is 4.39 Å². The van der Waals surface area contributed by atoms with E-state index in [0.717, 1.165) is 17.5 Å². The fourth-order valence-electron chi connectivity index (χ4n) is 2.80. The highest BCUT2D eigenvalue weighted by atomic mass is 19.1. The second kappa shape index (κ2) is 10.5. The third-order valence-corrected chi connectivity index (χ3v) is 4.45. The average Bonchev–Trinajstić information content (AvgIpc) is 2.70. The summed E-state index contributed by atoms with van der Waals surface area (Å²) in [6.07, 6.45) is 1.76. The molecule has 1 atom stereocenters. The summed E-state index contributed by atoms with van der Waals surface area (Å²) in [5.41, 5.74) is 1.87. The number of hydrogen-bond acceptors (Lipinski definition) is 2. The fourth-order valence-corrected chi connectivity index (χ4v) is 2.80. The molecular weight excluding hydrogens is 343 g/mol. The van der Waals surface area contributed by atoms with E-state index in [1.165, 1.54) is 12.1 Å². The van der Waals surface area contributed by atoms with E-state index in [0.29, 0.717) is 19.4 Å². The minimum atomic E-state index is -0.593. The first-order valence-corrected chi connectivity index (χ1v) is 9.36. The second-order valence-electron chi connectivity index (χ2n) is 6.60. The summed E-state index contributed by atoms with van der Waals surface area (Å²) in [5, 5.41) is 2.84. The Morgan fingerprint density at radius 3 is 2.33 bits per heavy atom. The van der Waals surface area contributed by atoms with Crippen LogP contribution in [0.15, 0.2) is 54.6 Å². The smallest absolute Gasteiger partial charge is 0.242 e. The molecule has 0 bridgehead atoms. The largest absolute Gasteiger partial charge is 0.354 e. The van der Waals surface area contributed by atoms with E-state index >= 15 is 0 Å². The molecule has 0 aliphatic carbocycles. The van der Waals surface area contributed by atoms with E-state index in [-0.39, 0.29) is 24.2 Å². The van der Waals surface area contributed by atoms with Crippen molar-refractivity contribution in [2.24, 2.45) is 0 Å². The molecule has 2 aromatic rings. The Balaban J connectivity index is 2.10. The number of nitrogens with zero attached hydrogens (tertiary/aromatic N) is 1. The molecule has 4 nitrogen and oxygen atoms in total. The Bertz CT molecular complexity index is 732. The van der Waals surface area contributed by atoms with Crippen LogP contribution < -0.4 is 5.32 Å². The van der Waals surface area contributed by atoms with Crippen LogP contribution in [-0.2, 0) is 22.6 Å². The SMILES string of the molecule is CCCNC(=O)[C@H](C)N(Cc1ccc(F)cc1)C(=O)CCc1ccccc1. The maximum atomic E-state index is 13.2. The molecule has 0 aliphatic heterocycles. The minimum Gasteiger partial charge on any atom is -0.354 e. The van der Waals surface area contributed by atoms with Gasteiger partial charge in [0.1, 0.15) is 11.9 Å². The number of nitrogens with one attached hydrogen (secondary N) is 1. The third-order valence-electron chi connectivity index (χ3n) is 4.45. The van der Waals surface area contributed by atoms with Crippen molar-refractivity contribution in [2.75, 3.05) is 6.54 Å². The number of carbonyl (C=O) groups excluding carboxylic acids is 2. The van der Waals surface area contributed by atoms with Crippen LogP contribution in [0.2, 0.25) is 0 Å². The van der Waals surface area contributed by atoms with Crippen molar-refractivity contribution in [2.45, 2.75) is 45.7 Å². The zero-order valence-corrected chi connectivity index (χ0v) is 16.0. The zero-order valence-electron chi connectivity index (χ0n) is 16.0. The highest BCUT2D eigenvalue weighted by Crippen LogP contribution is 2.13. The number of aryl methyl sites for hydroxylation is 1. The van der Waals surface area contributed by atoms with Crippen LogP contribution in [0.1, 0.15) is 37.8 Å². The molecule has 0 aromatic heterocycles. The van der Waals surface area contributed by atoms with E-state index in [1.807, 2.05) is 37.3 Å². The quantitative estimate of drug-likeness (QED) is 0.732. The Hall–Kier alpha value is -2.69. The first-order chi connectivity index (χ1) is 13.0. The van der Waals surface area contributed by atoms with Crippen LogP contribution in [0.3, 0.4) is 0 Å². The summed E-state index contributed by atoms with van der Waals surface area (Å²) < 4.78 is 13.2. The van der Waals surface area contributed by atoms with Gasteiger partial charge in [0.05, 0.1) is 0 Å². The number of halogens is 1. The van der Waals surface area contributed by atoms with E-state index in [9.17, 15) is 14.0 Å². The predicted molar refractivity (Wildman–Crippen MR) is 104 cm³/mol. The van der Waals surface area contributed by atoms with Gasteiger partial charge in [0, 0.05) is 19.5 Å². The van der Waals surface area contributed by atoms with Gasteiger partial charge in [-0.3, -0.25) is 9.59 Å². The lowest BCUT2D eigenvalue weighted by Crippen LogP contribution is -2.47. The molecule has 0 saturated carbocycles. The zero-order chi connectivity index (χ0) is 19.6. The van der Waals surface area contributed by atoms with Crippen molar-refractivity contribution in [3.8, 4) is 0 Å². The lowest BCUT2D eigenvalue weighted by atomic mass is 10.1. The predicted octanol–water partition coefficient (Wildman–Crippen LogP) is 3.70. The highest BCUT2D eigenvalue weighted by molar-refractivity contribution is 5.87. The molecule has 0 aliphatic rings. The monoisotopic (exact) mass is 370 g/mol. The van der Waals surface area contributed by atoms with Crippen LogP contribution >= 0.6 is 0 Å². The molecular formula is C22H27FN2O2. The van der Waals surface area contributed by atoms with Crippen LogP contribution in [0.4, 0.5) is 4.39 Å². The molecule has 0 fully saturated rings. The lowest BCUT2D eigenvalue weighted by molar-refractivity contribution is -0.140. The van der Waals surface area contributed by atoms with E-state index in [1.54, 1.807) is 24.0 Å². The number of hydrogen-bond donors (Lipinski definition) is 1. The Morgan fingerprint density at radius 2 is 1.70 bits per heavy atom. The van der Waals surface area contributed by atoms with Gasteiger partial charge in [0.15, 0.2) is 0 Å². The maximum Gasteiger partial charge on any atom is 0.242 e. The summed E-state index contributed by atoms with van der Waals surface area (Å²) in [6.45, 7) is 4.56. The molecule has 0 unspecified atom stereocenters. The van der Waals surface area contributed by atoms with Gasteiger partial charge in [-0.05, 0) is 43.0 Å². The molecule has 5 heteroatoms. The Morgan fingerprint density at radius 1 is 1.04 bits per heavy atom. The number of benzene rings is 2. The van der Waals surface area contributed by atoms with Crippen molar-refractivity contribution in [1.29, 1.82) is 0 Å². The Labute approximate surface area is 160 Å². The normalized spacial score (nSPS) is 11.7. The molecule has 0 saturated heterocycles. The average molecular weight is 370 g/mol. The summed E-state index contributed by atoms with van der Waals surface area (Å²) in [6, 6.07) is 15.2. The molecule has 2 rings (SSSR count). The van der Waals surface area contributed by atoms with Crippen molar-refractivity contribution in [1.82, 2.24) is 10.2 Å². The fraction of sp³-hybridized carbons (Fsp3) is 0.364. The molecule has 2 amide bonds. The van der Waals surface area contributed by atoms with Crippen molar-refractivity contribution in [3.63, 3.8) is 0 Å². The first-order valence-electron chi connectivity index (χ1n) is 9.36. The summed E-state index contributed by atoms with van der Waals surface area (Å²) in [7, 11) is 0. The molecule has 0 heterocycles. The van der Waals surface area contributed by atoms with E-state index in [4.69, 9.17) is 0 Å². The van der Waals surface area contributed by atoms with Crippen LogP contribution in [0, 0.1) is 5.82 Å². The molecule has 0 radical (unpaired) electrons. The highest BCUT2D eigenvalue weighted by Gasteiger charge is 2.25. The summed E-state index contributed by atoms with van der Waals surface area (Å²) in [5.74, 6) is -0.594. The standard InChI is InChI=1S/C22H27FN2O2/c1-3-15-24-22(27)17(2)25(16-19-9-12-20(23)13-10-19)21(26)14-11-18-7-5-4-6-8-18/h4-10,12-13,17H,3,11,14-16H2,1-2H3,(H,24,27)/t17-/m0/s1. The summed E-state index contributed by atoms with van der Waals surface area (Å²) in [4.78, 5) is 26.9. The van der Waals surface area contributed by atoms with Gasteiger partial charge in [0.2, 0.25) is 11.8 Å². The van der Waals surface area contributed by atoms with Gasteiger partial charge in [-0.2, -0.15) is 0 Å². The maximum absolute atomic E-state index is 13.2. The third kappa shape index (κ3) is 6.51. The van der Waals surface area contributed by atoms with Gasteiger partial charge >= 0.3 is 0 Å². The van der Waals surface area contributed by atoms with Gasteiger partial charge in [0.25, 0.3) is 0 Å².